The van der Waals surface area contributed by atoms with Gasteiger partial charge in [-0.3, -0.25) is 9.10 Å². The third-order valence-corrected chi connectivity index (χ3v) is 6.86. The average Bonchev–Trinajstić information content (AvgIpc) is 2.87. The van der Waals surface area contributed by atoms with Crippen molar-refractivity contribution in [3.8, 4) is 17.2 Å². The van der Waals surface area contributed by atoms with Crippen molar-refractivity contribution < 1.29 is 27.4 Å². The molecule has 11 heteroatoms. The monoisotopic (exact) mass is 517 g/mol. The number of carbonyl (C=O) groups excluding carboxylic acids is 1. The van der Waals surface area contributed by atoms with Gasteiger partial charge in [0.25, 0.3) is 15.9 Å². The molecule has 9 nitrogen and oxygen atoms in total. The van der Waals surface area contributed by atoms with Crippen molar-refractivity contribution in [2.45, 2.75) is 4.90 Å². The predicted octanol–water partition coefficient (Wildman–Crippen LogP) is 3.71. The van der Waals surface area contributed by atoms with Crippen LogP contribution in [0.5, 0.6) is 17.2 Å². The number of nitrogens with zero attached hydrogens (tertiary/aromatic N) is 2. The van der Waals surface area contributed by atoms with Crippen LogP contribution in [0, 0.1) is 0 Å². The largest absolute Gasteiger partial charge is 0.493 e. The van der Waals surface area contributed by atoms with Gasteiger partial charge in [-0.15, -0.1) is 0 Å². The number of hydrazone groups is 1. The standard InChI is InChI=1S/C24H24ClN3O6S/c1-32-21-13-17(14-22(33-2)24(21)34-3)15-26-27-23(29)16-28(19-11-9-18(25)10-12-19)35(30,31)20-7-5-4-6-8-20/h4-15H,16H2,1-3H3,(H,27,29)/b26-15+. The molecule has 0 saturated carbocycles. The van der Waals surface area contributed by atoms with Gasteiger partial charge < -0.3 is 14.2 Å². The van der Waals surface area contributed by atoms with Gasteiger partial charge in [0.05, 0.1) is 38.1 Å². The zero-order valence-corrected chi connectivity index (χ0v) is 20.8. The first kappa shape index (κ1) is 25.9. The second kappa shape index (κ2) is 11.6. The van der Waals surface area contributed by atoms with Gasteiger partial charge in [0.15, 0.2) is 11.5 Å². The third kappa shape index (κ3) is 6.23. The van der Waals surface area contributed by atoms with Gasteiger partial charge in [0.1, 0.15) is 6.54 Å². The number of hydrogen-bond donors (Lipinski definition) is 1. The highest BCUT2D eigenvalue weighted by molar-refractivity contribution is 7.92. The Bertz CT molecular complexity index is 1270. The number of methoxy groups -OCH3 is 3. The second-order valence-electron chi connectivity index (χ2n) is 7.05. The number of sulfonamides is 1. The molecule has 0 aliphatic rings. The molecule has 0 fully saturated rings. The van der Waals surface area contributed by atoms with E-state index in [1.807, 2.05) is 0 Å². The Hall–Kier alpha value is -3.76. The number of carbonyl (C=O) groups is 1. The van der Waals surface area contributed by atoms with Crippen LogP contribution in [0.3, 0.4) is 0 Å². The van der Waals surface area contributed by atoms with Crippen LogP contribution in [0.1, 0.15) is 5.56 Å². The predicted molar refractivity (Wildman–Crippen MR) is 134 cm³/mol. The number of ether oxygens (including phenoxy) is 3. The molecule has 35 heavy (non-hydrogen) atoms. The molecule has 0 bridgehead atoms. The van der Waals surface area contributed by atoms with E-state index in [0.717, 1.165) is 4.31 Å². The van der Waals surface area contributed by atoms with Crippen LogP contribution in [0.2, 0.25) is 5.02 Å². The zero-order chi connectivity index (χ0) is 25.4. The molecule has 0 heterocycles. The van der Waals surface area contributed by atoms with Crippen LogP contribution in [-0.2, 0) is 14.8 Å². The Kier molecular flexibility index (Phi) is 8.56. The molecule has 0 aromatic heterocycles. The molecule has 0 unspecified atom stereocenters. The van der Waals surface area contributed by atoms with Crippen molar-refractivity contribution in [1.82, 2.24) is 5.43 Å². The van der Waals surface area contributed by atoms with E-state index < -0.39 is 22.5 Å². The molecule has 184 valence electrons. The Labute approximate surface area is 208 Å². The quantitative estimate of drug-likeness (QED) is 0.324. The van der Waals surface area contributed by atoms with E-state index in [9.17, 15) is 13.2 Å². The van der Waals surface area contributed by atoms with Crippen LogP contribution in [0.15, 0.2) is 76.7 Å². The molecule has 0 saturated heterocycles. The summed E-state index contributed by atoms with van der Waals surface area (Å²) in [4.78, 5) is 12.7. The third-order valence-electron chi connectivity index (χ3n) is 4.82. The lowest BCUT2D eigenvalue weighted by Gasteiger charge is -2.23. The van der Waals surface area contributed by atoms with Gasteiger partial charge in [-0.25, -0.2) is 13.8 Å². The summed E-state index contributed by atoms with van der Waals surface area (Å²) >= 11 is 5.95. The lowest BCUT2D eigenvalue weighted by molar-refractivity contribution is -0.119. The minimum absolute atomic E-state index is 0.0451. The van der Waals surface area contributed by atoms with Crippen molar-refractivity contribution in [1.29, 1.82) is 0 Å². The molecule has 0 spiro atoms. The van der Waals surface area contributed by atoms with E-state index in [-0.39, 0.29) is 10.6 Å². The fourth-order valence-electron chi connectivity index (χ4n) is 3.16. The van der Waals surface area contributed by atoms with Crippen molar-refractivity contribution in [3.63, 3.8) is 0 Å². The number of amides is 1. The van der Waals surface area contributed by atoms with Crippen LogP contribution >= 0.6 is 11.6 Å². The molecule has 0 atom stereocenters. The molecule has 0 radical (unpaired) electrons. The number of anilines is 1. The van der Waals surface area contributed by atoms with E-state index in [0.29, 0.717) is 27.8 Å². The van der Waals surface area contributed by atoms with E-state index in [1.165, 1.54) is 51.8 Å². The van der Waals surface area contributed by atoms with Crippen LogP contribution < -0.4 is 23.9 Å². The van der Waals surface area contributed by atoms with Gasteiger partial charge in [-0.05, 0) is 48.5 Å². The maximum Gasteiger partial charge on any atom is 0.264 e. The summed E-state index contributed by atoms with van der Waals surface area (Å²) in [6.45, 7) is -0.508. The normalized spacial score (nSPS) is 11.2. The first-order valence-corrected chi connectivity index (χ1v) is 12.1. The van der Waals surface area contributed by atoms with Gasteiger partial charge in [-0.1, -0.05) is 29.8 Å². The molecule has 1 N–H and O–H groups in total. The molecule has 0 aliphatic carbocycles. The SMILES string of the molecule is COc1cc(/C=N/NC(=O)CN(c2ccc(Cl)cc2)S(=O)(=O)c2ccccc2)cc(OC)c1OC. The van der Waals surface area contributed by atoms with E-state index in [2.05, 4.69) is 10.5 Å². The van der Waals surface area contributed by atoms with Crippen molar-refractivity contribution >= 4 is 39.4 Å². The molecule has 3 aromatic rings. The summed E-state index contributed by atoms with van der Waals surface area (Å²) in [7, 11) is 0.425. The smallest absolute Gasteiger partial charge is 0.264 e. The fourth-order valence-corrected chi connectivity index (χ4v) is 4.73. The summed E-state index contributed by atoms with van der Waals surface area (Å²) in [5.74, 6) is 0.606. The summed E-state index contributed by atoms with van der Waals surface area (Å²) in [6.07, 6.45) is 1.38. The molecular weight excluding hydrogens is 494 g/mol. The second-order valence-corrected chi connectivity index (χ2v) is 9.35. The van der Waals surface area contributed by atoms with E-state index in [1.54, 1.807) is 42.5 Å². The number of rotatable bonds is 10. The Morgan fingerprint density at radius 1 is 0.971 bits per heavy atom. The Morgan fingerprint density at radius 3 is 2.11 bits per heavy atom. The van der Waals surface area contributed by atoms with Crippen molar-refractivity contribution in [3.05, 3.63) is 77.3 Å². The molecule has 0 aliphatic heterocycles. The topological polar surface area (TPSA) is 107 Å². The van der Waals surface area contributed by atoms with Gasteiger partial charge >= 0.3 is 0 Å². The lowest BCUT2D eigenvalue weighted by Crippen LogP contribution is -2.39. The van der Waals surface area contributed by atoms with E-state index in [4.69, 9.17) is 25.8 Å². The summed E-state index contributed by atoms with van der Waals surface area (Å²) in [5, 5.41) is 4.38. The van der Waals surface area contributed by atoms with Crippen molar-refractivity contribution in [2.24, 2.45) is 5.10 Å². The van der Waals surface area contributed by atoms with Crippen LogP contribution in [-0.4, -0.2) is 48.4 Å². The summed E-state index contributed by atoms with van der Waals surface area (Å²) in [5.41, 5.74) is 3.20. The number of hydrogen-bond acceptors (Lipinski definition) is 7. The number of halogens is 1. The minimum Gasteiger partial charge on any atom is -0.493 e. The molecular formula is C24H24ClN3O6S. The van der Waals surface area contributed by atoms with Gasteiger partial charge in [0.2, 0.25) is 5.75 Å². The summed E-state index contributed by atoms with van der Waals surface area (Å²) in [6, 6.07) is 17.3. The molecule has 1 amide bonds. The first-order valence-electron chi connectivity index (χ1n) is 10.3. The first-order chi connectivity index (χ1) is 16.8. The molecule has 3 aromatic carbocycles. The zero-order valence-electron chi connectivity index (χ0n) is 19.3. The van der Waals surface area contributed by atoms with E-state index >= 15 is 0 Å². The highest BCUT2D eigenvalue weighted by atomic mass is 35.5. The Balaban J connectivity index is 1.82. The highest BCUT2D eigenvalue weighted by Gasteiger charge is 2.27. The number of nitrogens with one attached hydrogen (secondary N) is 1. The lowest BCUT2D eigenvalue weighted by atomic mass is 10.2. The Morgan fingerprint density at radius 2 is 1.57 bits per heavy atom. The highest BCUT2D eigenvalue weighted by Crippen LogP contribution is 2.37. The van der Waals surface area contributed by atoms with Crippen LogP contribution in [0.25, 0.3) is 0 Å². The maximum atomic E-state index is 13.3. The average molecular weight is 518 g/mol. The summed E-state index contributed by atoms with van der Waals surface area (Å²) < 4.78 is 43.4. The van der Waals surface area contributed by atoms with Gasteiger partial charge in [0, 0.05) is 10.6 Å². The van der Waals surface area contributed by atoms with Crippen LogP contribution in [0.4, 0.5) is 5.69 Å². The molecule has 3 rings (SSSR count). The van der Waals surface area contributed by atoms with Crippen molar-refractivity contribution in [2.75, 3.05) is 32.2 Å². The fraction of sp³-hybridized carbons (Fsp3) is 0.167. The minimum atomic E-state index is -4.03. The maximum absolute atomic E-state index is 13.3. The number of benzene rings is 3. The van der Waals surface area contributed by atoms with Gasteiger partial charge in [-0.2, -0.15) is 5.10 Å².